The van der Waals surface area contributed by atoms with E-state index >= 15 is 0 Å². The maximum Gasteiger partial charge on any atom is 0.133 e. The molecule has 1 aromatic carbocycles. The minimum absolute atomic E-state index is 0.177. The van der Waals surface area contributed by atoms with Crippen LogP contribution in [-0.4, -0.2) is 6.54 Å². The zero-order valence-electron chi connectivity index (χ0n) is 9.87. The van der Waals surface area contributed by atoms with Crippen LogP contribution in [0.3, 0.4) is 0 Å². The van der Waals surface area contributed by atoms with Crippen molar-refractivity contribution < 1.29 is 8.81 Å². The smallest absolute Gasteiger partial charge is 0.133 e. The number of hydrogen-bond acceptors (Lipinski definition) is 2. The van der Waals surface area contributed by atoms with Crippen molar-refractivity contribution in [2.24, 2.45) is 0 Å². The maximum absolute atomic E-state index is 13.6. The highest BCUT2D eigenvalue weighted by atomic mass is 19.1. The third kappa shape index (κ3) is 2.94. The summed E-state index contributed by atoms with van der Waals surface area (Å²) in [6.07, 6.45) is 2.66. The number of benzene rings is 1. The van der Waals surface area contributed by atoms with E-state index in [0.717, 1.165) is 24.3 Å². The molecule has 0 spiro atoms. The summed E-state index contributed by atoms with van der Waals surface area (Å²) >= 11 is 0. The molecule has 2 aromatic rings. The van der Waals surface area contributed by atoms with Crippen molar-refractivity contribution in [2.75, 3.05) is 6.54 Å². The minimum Gasteiger partial charge on any atom is -0.464 e. The van der Waals surface area contributed by atoms with Crippen LogP contribution in [0, 0.1) is 5.82 Å². The molecule has 3 heteroatoms. The van der Waals surface area contributed by atoms with Crippen LogP contribution in [0.25, 0.3) is 11.3 Å². The summed E-state index contributed by atoms with van der Waals surface area (Å²) in [6.45, 7) is 3.53. The van der Waals surface area contributed by atoms with Crippen molar-refractivity contribution in [2.45, 2.75) is 19.9 Å². The molecule has 1 N–H and O–H groups in total. The van der Waals surface area contributed by atoms with Gasteiger partial charge in [-0.25, -0.2) is 4.39 Å². The van der Waals surface area contributed by atoms with E-state index in [0.29, 0.717) is 12.1 Å². The summed E-state index contributed by atoms with van der Waals surface area (Å²) in [5, 5.41) is 3.19. The molecule has 0 bridgehead atoms. The molecule has 0 unspecified atom stereocenters. The van der Waals surface area contributed by atoms with Crippen molar-refractivity contribution in [3.63, 3.8) is 0 Å². The lowest BCUT2D eigenvalue weighted by Gasteiger charge is -2.06. The Kier molecular flexibility index (Phi) is 3.94. The van der Waals surface area contributed by atoms with Gasteiger partial charge in [-0.3, -0.25) is 0 Å². The Labute approximate surface area is 100 Å². The van der Waals surface area contributed by atoms with E-state index in [2.05, 4.69) is 12.2 Å². The lowest BCUT2D eigenvalue weighted by atomic mass is 10.1. The van der Waals surface area contributed by atoms with Crippen LogP contribution in [-0.2, 0) is 6.54 Å². The monoisotopic (exact) mass is 233 g/mol. The third-order valence-corrected chi connectivity index (χ3v) is 2.59. The molecule has 2 rings (SSSR count). The van der Waals surface area contributed by atoms with Crippen LogP contribution in [0.5, 0.6) is 0 Å². The molecule has 0 aliphatic carbocycles. The van der Waals surface area contributed by atoms with Crippen LogP contribution >= 0.6 is 0 Å². The van der Waals surface area contributed by atoms with Crippen LogP contribution < -0.4 is 5.32 Å². The molecule has 2 nitrogen and oxygen atoms in total. The van der Waals surface area contributed by atoms with Crippen LogP contribution in [0.15, 0.2) is 41.0 Å². The van der Waals surface area contributed by atoms with Crippen molar-refractivity contribution in [1.29, 1.82) is 0 Å². The largest absolute Gasteiger partial charge is 0.464 e. The summed E-state index contributed by atoms with van der Waals surface area (Å²) < 4.78 is 18.9. The van der Waals surface area contributed by atoms with Gasteiger partial charge < -0.3 is 9.73 Å². The van der Waals surface area contributed by atoms with E-state index in [1.165, 1.54) is 6.07 Å². The highest BCUT2D eigenvalue weighted by Crippen LogP contribution is 2.22. The average molecular weight is 233 g/mol. The van der Waals surface area contributed by atoms with E-state index in [9.17, 15) is 4.39 Å². The first-order valence-corrected chi connectivity index (χ1v) is 5.84. The lowest BCUT2D eigenvalue weighted by molar-refractivity contribution is 0.577. The van der Waals surface area contributed by atoms with Gasteiger partial charge in [0.05, 0.1) is 6.26 Å². The van der Waals surface area contributed by atoms with Gasteiger partial charge in [0.2, 0.25) is 0 Å². The Hall–Kier alpha value is -1.61. The average Bonchev–Trinajstić information content (AvgIpc) is 2.85. The van der Waals surface area contributed by atoms with E-state index in [-0.39, 0.29) is 5.82 Å². The molecule has 0 amide bonds. The number of rotatable bonds is 5. The fourth-order valence-electron chi connectivity index (χ4n) is 1.71. The topological polar surface area (TPSA) is 25.2 Å². The van der Waals surface area contributed by atoms with Gasteiger partial charge in [-0.2, -0.15) is 0 Å². The van der Waals surface area contributed by atoms with E-state index in [4.69, 9.17) is 4.42 Å². The maximum atomic E-state index is 13.6. The van der Waals surface area contributed by atoms with Gasteiger partial charge >= 0.3 is 0 Å². The summed E-state index contributed by atoms with van der Waals surface area (Å²) in [7, 11) is 0. The first-order chi connectivity index (χ1) is 8.31. The Morgan fingerprint density at radius 2 is 2.18 bits per heavy atom. The van der Waals surface area contributed by atoms with Gasteiger partial charge in [0, 0.05) is 17.7 Å². The van der Waals surface area contributed by atoms with E-state index in [1.807, 2.05) is 18.2 Å². The molecule has 1 aromatic heterocycles. The molecule has 1 heterocycles. The Morgan fingerprint density at radius 1 is 1.29 bits per heavy atom. The molecule has 0 radical (unpaired) electrons. The van der Waals surface area contributed by atoms with Gasteiger partial charge in [-0.05, 0) is 43.3 Å². The quantitative estimate of drug-likeness (QED) is 0.798. The third-order valence-electron chi connectivity index (χ3n) is 2.59. The Morgan fingerprint density at radius 3 is 2.88 bits per heavy atom. The summed E-state index contributed by atoms with van der Waals surface area (Å²) in [5.41, 5.74) is 1.58. The van der Waals surface area contributed by atoms with Gasteiger partial charge in [0.15, 0.2) is 0 Å². The molecule has 0 aliphatic heterocycles. The second-order valence-electron chi connectivity index (χ2n) is 3.96. The number of nitrogens with one attached hydrogen (secondary N) is 1. The van der Waals surface area contributed by atoms with Crippen molar-refractivity contribution >= 4 is 0 Å². The summed E-state index contributed by atoms with van der Waals surface area (Å²) in [4.78, 5) is 0. The zero-order valence-corrected chi connectivity index (χ0v) is 9.87. The molecule has 90 valence electrons. The Balaban J connectivity index is 2.18. The van der Waals surface area contributed by atoms with Crippen LogP contribution in [0.1, 0.15) is 18.9 Å². The first-order valence-electron chi connectivity index (χ1n) is 5.84. The molecule has 0 saturated carbocycles. The molecular weight excluding hydrogens is 217 g/mol. The summed E-state index contributed by atoms with van der Waals surface area (Å²) in [5.74, 6) is 0.589. The van der Waals surface area contributed by atoms with Gasteiger partial charge in [0.1, 0.15) is 11.6 Å². The first kappa shape index (κ1) is 11.9. The number of halogens is 1. The van der Waals surface area contributed by atoms with Crippen LogP contribution in [0.4, 0.5) is 4.39 Å². The highest BCUT2D eigenvalue weighted by Gasteiger charge is 2.06. The Bertz CT molecular complexity index is 465. The normalized spacial score (nSPS) is 10.7. The zero-order chi connectivity index (χ0) is 12.1. The van der Waals surface area contributed by atoms with Gasteiger partial charge in [0.25, 0.3) is 0 Å². The molecule has 17 heavy (non-hydrogen) atoms. The standard InChI is InChI=1S/C14H16FNO/c1-2-7-16-10-12-9-11(5-6-13(12)15)14-4-3-8-17-14/h3-6,8-9,16H,2,7,10H2,1H3. The highest BCUT2D eigenvalue weighted by molar-refractivity contribution is 5.58. The van der Waals surface area contributed by atoms with Crippen LogP contribution in [0.2, 0.25) is 0 Å². The lowest BCUT2D eigenvalue weighted by Crippen LogP contribution is -2.14. The SMILES string of the molecule is CCCNCc1cc(-c2ccco2)ccc1F. The van der Waals surface area contributed by atoms with Crippen molar-refractivity contribution in [3.05, 3.63) is 48.0 Å². The van der Waals surface area contributed by atoms with Crippen molar-refractivity contribution in [1.82, 2.24) is 5.32 Å². The number of hydrogen-bond donors (Lipinski definition) is 1. The fourth-order valence-corrected chi connectivity index (χ4v) is 1.71. The summed E-state index contributed by atoms with van der Waals surface area (Å²) in [6, 6.07) is 8.75. The molecule has 0 fully saturated rings. The predicted molar refractivity (Wildman–Crippen MR) is 66.1 cm³/mol. The minimum atomic E-state index is -0.177. The molecular formula is C14H16FNO. The van der Waals surface area contributed by atoms with E-state index < -0.39 is 0 Å². The fraction of sp³-hybridized carbons (Fsp3) is 0.286. The van der Waals surface area contributed by atoms with Crippen molar-refractivity contribution in [3.8, 4) is 11.3 Å². The van der Waals surface area contributed by atoms with E-state index in [1.54, 1.807) is 12.3 Å². The molecule has 0 saturated heterocycles. The second kappa shape index (κ2) is 5.64. The molecule has 0 atom stereocenters. The van der Waals surface area contributed by atoms with Gasteiger partial charge in [-0.1, -0.05) is 6.92 Å². The number of furan rings is 1. The predicted octanol–water partition coefficient (Wildman–Crippen LogP) is 3.59. The molecule has 0 aliphatic rings. The van der Waals surface area contributed by atoms with Gasteiger partial charge in [-0.15, -0.1) is 0 Å². The second-order valence-corrected chi connectivity index (χ2v) is 3.96.